The zero-order valence-corrected chi connectivity index (χ0v) is 19.6. The highest BCUT2D eigenvalue weighted by Crippen LogP contribution is 2.31. The molecule has 0 spiro atoms. The van der Waals surface area contributed by atoms with Gasteiger partial charge in [-0.2, -0.15) is 0 Å². The SMILES string of the molecule is COc1ccc(C(=O)Nc2ccc(N3CCN(C(=O)c4cccs4)CC3)c(Cl)c2)cc1Cl. The van der Waals surface area contributed by atoms with E-state index >= 15 is 0 Å². The topological polar surface area (TPSA) is 61.9 Å². The molecule has 0 aliphatic carbocycles. The van der Waals surface area contributed by atoms with Crippen LogP contribution in [0.3, 0.4) is 0 Å². The van der Waals surface area contributed by atoms with E-state index in [9.17, 15) is 9.59 Å². The number of hydrogen-bond acceptors (Lipinski definition) is 5. The fourth-order valence-corrected chi connectivity index (χ4v) is 4.81. The number of anilines is 2. The van der Waals surface area contributed by atoms with Crippen LogP contribution < -0.4 is 15.0 Å². The Morgan fingerprint density at radius 3 is 2.41 bits per heavy atom. The van der Waals surface area contributed by atoms with Gasteiger partial charge in [0, 0.05) is 37.4 Å². The Bertz CT molecular complexity index is 1130. The highest BCUT2D eigenvalue weighted by molar-refractivity contribution is 7.12. The zero-order valence-electron chi connectivity index (χ0n) is 17.3. The predicted octanol–water partition coefficient (Wildman–Crippen LogP) is 5.28. The van der Waals surface area contributed by atoms with Crippen molar-refractivity contribution in [1.29, 1.82) is 0 Å². The first-order chi connectivity index (χ1) is 15.5. The van der Waals surface area contributed by atoms with Crippen LogP contribution in [-0.4, -0.2) is 50.0 Å². The number of amides is 2. The molecule has 2 aromatic carbocycles. The van der Waals surface area contributed by atoms with Gasteiger partial charge in [-0.05, 0) is 47.8 Å². The predicted molar refractivity (Wildman–Crippen MR) is 130 cm³/mol. The summed E-state index contributed by atoms with van der Waals surface area (Å²) in [6.45, 7) is 2.63. The number of carbonyl (C=O) groups is 2. The minimum absolute atomic E-state index is 0.0717. The number of ether oxygens (including phenoxy) is 1. The van der Waals surface area contributed by atoms with Gasteiger partial charge in [0.15, 0.2) is 0 Å². The molecule has 32 heavy (non-hydrogen) atoms. The number of hydrogen-bond donors (Lipinski definition) is 1. The highest BCUT2D eigenvalue weighted by Gasteiger charge is 2.24. The van der Waals surface area contributed by atoms with E-state index in [1.54, 1.807) is 24.3 Å². The Labute approximate surface area is 200 Å². The summed E-state index contributed by atoms with van der Waals surface area (Å²) in [5, 5.41) is 5.65. The monoisotopic (exact) mass is 489 g/mol. The molecular weight excluding hydrogens is 469 g/mol. The molecule has 0 bridgehead atoms. The van der Waals surface area contributed by atoms with Crippen molar-refractivity contribution in [2.75, 3.05) is 43.5 Å². The number of methoxy groups -OCH3 is 1. The molecule has 1 aromatic heterocycles. The lowest BCUT2D eigenvalue weighted by Gasteiger charge is -2.36. The first kappa shape index (κ1) is 22.5. The normalized spacial score (nSPS) is 13.7. The van der Waals surface area contributed by atoms with Gasteiger partial charge in [-0.15, -0.1) is 11.3 Å². The van der Waals surface area contributed by atoms with Crippen LogP contribution in [0.1, 0.15) is 20.0 Å². The minimum atomic E-state index is -0.293. The van der Waals surface area contributed by atoms with Gasteiger partial charge in [0.1, 0.15) is 5.75 Å². The average Bonchev–Trinajstić information content (AvgIpc) is 3.34. The van der Waals surface area contributed by atoms with Crippen LogP contribution in [-0.2, 0) is 0 Å². The third-order valence-corrected chi connectivity index (χ3v) is 6.72. The Morgan fingerprint density at radius 1 is 1.00 bits per heavy atom. The van der Waals surface area contributed by atoms with Gasteiger partial charge in [-0.1, -0.05) is 29.3 Å². The summed E-state index contributed by atoms with van der Waals surface area (Å²) in [6.07, 6.45) is 0. The average molecular weight is 490 g/mol. The second-order valence-electron chi connectivity index (χ2n) is 7.23. The molecule has 3 aromatic rings. The van der Waals surface area contributed by atoms with E-state index in [4.69, 9.17) is 27.9 Å². The van der Waals surface area contributed by atoms with Crippen molar-refractivity contribution in [3.63, 3.8) is 0 Å². The van der Waals surface area contributed by atoms with Crippen molar-refractivity contribution in [1.82, 2.24) is 4.90 Å². The molecule has 1 aliphatic rings. The number of halogens is 2. The summed E-state index contributed by atoms with van der Waals surface area (Å²) >= 11 is 14.1. The van der Waals surface area contributed by atoms with Crippen molar-refractivity contribution in [3.8, 4) is 5.75 Å². The smallest absolute Gasteiger partial charge is 0.264 e. The molecule has 6 nitrogen and oxygen atoms in total. The summed E-state index contributed by atoms with van der Waals surface area (Å²) in [5.74, 6) is 0.286. The van der Waals surface area contributed by atoms with E-state index in [0.717, 1.165) is 10.6 Å². The zero-order chi connectivity index (χ0) is 22.7. The summed E-state index contributed by atoms with van der Waals surface area (Å²) in [6, 6.07) is 14.0. The van der Waals surface area contributed by atoms with Crippen LogP contribution in [0.15, 0.2) is 53.9 Å². The molecule has 1 saturated heterocycles. The highest BCUT2D eigenvalue weighted by atomic mass is 35.5. The van der Waals surface area contributed by atoms with Crippen LogP contribution in [0.2, 0.25) is 10.0 Å². The van der Waals surface area contributed by atoms with Gasteiger partial charge in [-0.3, -0.25) is 9.59 Å². The number of piperazine rings is 1. The molecule has 0 radical (unpaired) electrons. The molecule has 1 aliphatic heterocycles. The quantitative estimate of drug-likeness (QED) is 0.529. The summed E-state index contributed by atoms with van der Waals surface area (Å²) in [5.41, 5.74) is 1.88. The Hall–Kier alpha value is -2.74. The first-order valence-corrected chi connectivity index (χ1v) is 11.6. The largest absolute Gasteiger partial charge is 0.495 e. The molecule has 4 rings (SSSR count). The molecule has 1 N–H and O–H groups in total. The third-order valence-electron chi connectivity index (χ3n) is 5.26. The number of nitrogens with zero attached hydrogens (tertiary/aromatic N) is 2. The molecule has 2 heterocycles. The van der Waals surface area contributed by atoms with Gasteiger partial charge in [0.2, 0.25) is 0 Å². The van der Waals surface area contributed by atoms with E-state index in [2.05, 4.69) is 10.2 Å². The molecular formula is C23H21Cl2N3O3S. The van der Waals surface area contributed by atoms with Gasteiger partial charge in [-0.25, -0.2) is 0 Å². The summed E-state index contributed by atoms with van der Waals surface area (Å²) in [7, 11) is 1.52. The second-order valence-corrected chi connectivity index (χ2v) is 8.99. The molecule has 0 unspecified atom stereocenters. The van der Waals surface area contributed by atoms with Gasteiger partial charge in [0.25, 0.3) is 11.8 Å². The molecule has 9 heteroatoms. The van der Waals surface area contributed by atoms with Crippen LogP contribution >= 0.6 is 34.5 Å². The Kier molecular flexibility index (Phi) is 6.89. The first-order valence-electron chi connectivity index (χ1n) is 9.98. The molecule has 1 fully saturated rings. The van der Waals surface area contributed by atoms with E-state index in [1.807, 2.05) is 34.5 Å². The van der Waals surface area contributed by atoms with Crippen molar-refractivity contribution in [3.05, 3.63) is 74.4 Å². The summed E-state index contributed by atoms with van der Waals surface area (Å²) in [4.78, 5) is 29.9. The number of rotatable bonds is 5. The van der Waals surface area contributed by atoms with Gasteiger partial charge < -0.3 is 19.9 Å². The van der Waals surface area contributed by atoms with Crippen molar-refractivity contribution >= 4 is 57.7 Å². The van der Waals surface area contributed by atoms with Crippen LogP contribution in [0.5, 0.6) is 5.75 Å². The van der Waals surface area contributed by atoms with Gasteiger partial charge >= 0.3 is 0 Å². The van der Waals surface area contributed by atoms with Crippen LogP contribution in [0.4, 0.5) is 11.4 Å². The van der Waals surface area contributed by atoms with E-state index in [-0.39, 0.29) is 11.8 Å². The maximum Gasteiger partial charge on any atom is 0.264 e. The molecule has 0 saturated carbocycles. The lowest BCUT2D eigenvalue weighted by molar-refractivity contribution is 0.0751. The Morgan fingerprint density at radius 2 is 1.78 bits per heavy atom. The van der Waals surface area contributed by atoms with E-state index < -0.39 is 0 Å². The maximum atomic E-state index is 12.6. The third kappa shape index (κ3) is 4.85. The van der Waals surface area contributed by atoms with Crippen LogP contribution in [0, 0.1) is 0 Å². The van der Waals surface area contributed by atoms with Crippen molar-refractivity contribution in [2.45, 2.75) is 0 Å². The van der Waals surface area contributed by atoms with E-state index in [0.29, 0.717) is 53.2 Å². The lowest BCUT2D eigenvalue weighted by Crippen LogP contribution is -2.48. The minimum Gasteiger partial charge on any atom is -0.495 e. The summed E-state index contributed by atoms with van der Waals surface area (Å²) < 4.78 is 5.12. The lowest BCUT2D eigenvalue weighted by atomic mass is 10.2. The molecule has 2 amide bonds. The van der Waals surface area contributed by atoms with Crippen molar-refractivity contribution in [2.24, 2.45) is 0 Å². The number of thiophene rings is 1. The van der Waals surface area contributed by atoms with Crippen LogP contribution in [0.25, 0.3) is 0 Å². The molecule has 0 atom stereocenters. The molecule has 166 valence electrons. The van der Waals surface area contributed by atoms with Crippen molar-refractivity contribution < 1.29 is 14.3 Å². The Balaban J connectivity index is 1.39. The standard InChI is InChI=1S/C23H21Cl2N3O3S/c1-31-20-7-4-15(13-18(20)25)22(29)26-16-5-6-19(17(24)14-16)27-8-10-28(11-9-27)23(30)21-3-2-12-32-21/h2-7,12-14H,8-11H2,1H3,(H,26,29). The number of carbonyl (C=O) groups excluding carboxylic acids is 2. The maximum absolute atomic E-state index is 12.6. The van der Waals surface area contributed by atoms with E-state index in [1.165, 1.54) is 18.4 Å². The number of nitrogens with one attached hydrogen (secondary N) is 1. The second kappa shape index (κ2) is 9.81. The fraction of sp³-hybridized carbons (Fsp3) is 0.217. The van der Waals surface area contributed by atoms with Gasteiger partial charge in [0.05, 0.1) is 27.7 Å². The fourth-order valence-electron chi connectivity index (χ4n) is 3.56. The number of benzene rings is 2.